The molecule has 0 aliphatic carbocycles. The molecule has 0 fully saturated rings. The van der Waals surface area contributed by atoms with Gasteiger partial charge in [0, 0.05) is 0 Å². The van der Waals surface area contributed by atoms with E-state index in [4.69, 9.17) is 0 Å². The molecule has 0 bridgehead atoms. The second kappa shape index (κ2) is 3.67. The molecule has 86 valence electrons. The molecule has 1 heterocycles. The van der Waals surface area contributed by atoms with Gasteiger partial charge in [-0.1, -0.05) is 0 Å². The Morgan fingerprint density at radius 3 is 1.67 bits per heavy atom. The van der Waals surface area contributed by atoms with Crippen LogP contribution in [0.1, 0.15) is 40.8 Å². The first-order chi connectivity index (χ1) is 6.55. The third-order valence-corrected chi connectivity index (χ3v) is 5.71. The van der Waals surface area contributed by atoms with Gasteiger partial charge in [-0.25, -0.2) is 0 Å². The van der Waals surface area contributed by atoms with Gasteiger partial charge in [0.2, 0.25) is 0 Å². The fraction of sp³-hybridized carbons (Fsp3) is 0.636. The second-order valence-electron chi connectivity index (χ2n) is 4.74. The first kappa shape index (κ1) is 12.9. The molecule has 0 unspecified atom stereocenters. The van der Waals surface area contributed by atoms with Crippen molar-refractivity contribution in [1.29, 1.82) is 0 Å². The summed E-state index contributed by atoms with van der Waals surface area (Å²) < 4.78 is 39.7. The second-order valence-corrected chi connectivity index (χ2v) is 7.30. The van der Waals surface area contributed by atoms with E-state index in [-0.39, 0.29) is 25.5 Å². The number of alkyl halides is 3. The van der Waals surface area contributed by atoms with Crippen LogP contribution in [0.2, 0.25) is 0 Å². The van der Waals surface area contributed by atoms with Gasteiger partial charge in [-0.3, -0.25) is 0 Å². The SMILES string of the molecule is Cc1[se]c(C(C)(C)C)c(C)c1C(F)(F)F. The minimum absolute atomic E-state index is 0.132. The predicted octanol–water partition coefficient (Wildman–Crippen LogP) is 3.68. The summed E-state index contributed by atoms with van der Waals surface area (Å²) in [6, 6.07) is 0. The number of aryl methyl sites for hydroxylation is 1. The van der Waals surface area contributed by atoms with Gasteiger partial charge in [-0.2, -0.15) is 0 Å². The fourth-order valence-electron chi connectivity index (χ4n) is 1.79. The van der Waals surface area contributed by atoms with E-state index in [1.54, 1.807) is 13.8 Å². The molecule has 0 aromatic carbocycles. The van der Waals surface area contributed by atoms with Gasteiger partial charge in [0.25, 0.3) is 0 Å². The summed E-state index contributed by atoms with van der Waals surface area (Å²) in [5, 5.41) is 0. The summed E-state index contributed by atoms with van der Waals surface area (Å²) in [6.45, 7) is 9.12. The molecular formula is C11H15F3Se. The van der Waals surface area contributed by atoms with Crippen molar-refractivity contribution in [3.63, 3.8) is 0 Å². The van der Waals surface area contributed by atoms with Gasteiger partial charge in [0.05, 0.1) is 0 Å². The summed E-state index contributed by atoms with van der Waals surface area (Å²) in [7, 11) is 0. The fourth-order valence-corrected chi connectivity index (χ4v) is 4.38. The van der Waals surface area contributed by atoms with Crippen LogP contribution in [-0.2, 0) is 11.6 Å². The van der Waals surface area contributed by atoms with Gasteiger partial charge in [-0.15, -0.1) is 0 Å². The Labute approximate surface area is 94.2 Å². The molecule has 0 nitrogen and oxygen atoms in total. The Bertz CT molecular complexity index is 366. The normalized spacial score (nSPS) is 13.3. The molecule has 1 aromatic rings. The average Bonchev–Trinajstić information content (AvgIpc) is 2.22. The molecule has 0 aliphatic heterocycles. The third-order valence-electron chi connectivity index (χ3n) is 2.29. The van der Waals surface area contributed by atoms with E-state index in [1.807, 2.05) is 20.8 Å². The average molecular weight is 283 g/mol. The predicted molar refractivity (Wildman–Crippen MR) is 56.6 cm³/mol. The summed E-state index contributed by atoms with van der Waals surface area (Å²) in [5.41, 5.74) is -0.0850. The zero-order valence-electron chi connectivity index (χ0n) is 9.54. The Kier molecular flexibility index (Phi) is 3.15. The van der Waals surface area contributed by atoms with E-state index in [0.717, 1.165) is 4.44 Å². The standard InChI is InChI=1S/C11H15F3Se/c1-6-8(11(12,13)14)7(2)15-9(6)10(3,4)5/h1-5H3. The van der Waals surface area contributed by atoms with Crippen LogP contribution in [0.4, 0.5) is 13.2 Å². The van der Waals surface area contributed by atoms with Crippen molar-refractivity contribution in [2.45, 2.75) is 46.2 Å². The Balaban J connectivity index is 3.41. The molecule has 0 spiro atoms. The zero-order chi connectivity index (χ0) is 12.0. The summed E-state index contributed by atoms with van der Waals surface area (Å²) in [6.07, 6.45) is -4.19. The van der Waals surface area contributed by atoms with Gasteiger partial charge < -0.3 is 0 Å². The van der Waals surface area contributed by atoms with E-state index < -0.39 is 6.18 Å². The van der Waals surface area contributed by atoms with Crippen LogP contribution in [0.25, 0.3) is 0 Å². The molecule has 1 aromatic heterocycles. The van der Waals surface area contributed by atoms with Gasteiger partial charge in [0.1, 0.15) is 0 Å². The van der Waals surface area contributed by atoms with Crippen molar-refractivity contribution in [3.8, 4) is 0 Å². The van der Waals surface area contributed by atoms with Gasteiger partial charge >= 0.3 is 93.9 Å². The van der Waals surface area contributed by atoms with E-state index in [2.05, 4.69) is 0 Å². The Morgan fingerprint density at radius 1 is 1.00 bits per heavy atom. The zero-order valence-corrected chi connectivity index (χ0v) is 11.3. The van der Waals surface area contributed by atoms with Crippen LogP contribution >= 0.6 is 0 Å². The van der Waals surface area contributed by atoms with Crippen LogP contribution in [0.3, 0.4) is 0 Å². The van der Waals surface area contributed by atoms with Crippen molar-refractivity contribution in [2.75, 3.05) is 0 Å². The molecule has 1 rings (SSSR count). The van der Waals surface area contributed by atoms with E-state index in [1.165, 1.54) is 0 Å². The summed E-state index contributed by atoms with van der Waals surface area (Å²) in [4.78, 5) is 0. The molecule has 0 saturated carbocycles. The van der Waals surface area contributed by atoms with Crippen molar-refractivity contribution in [3.05, 3.63) is 20.0 Å². The van der Waals surface area contributed by atoms with Crippen molar-refractivity contribution in [1.82, 2.24) is 0 Å². The first-order valence-electron chi connectivity index (χ1n) is 4.73. The van der Waals surface area contributed by atoms with Crippen LogP contribution in [0, 0.1) is 13.8 Å². The molecule has 0 radical (unpaired) electrons. The van der Waals surface area contributed by atoms with Crippen LogP contribution < -0.4 is 0 Å². The van der Waals surface area contributed by atoms with Crippen molar-refractivity contribution >= 4 is 14.5 Å². The monoisotopic (exact) mass is 284 g/mol. The minimum atomic E-state index is -4.19. The van der Waals surface area contributed by atoms with E-state index in [0.29, 0.717) is 10.0 Å². The molecule has 0 aliphatic rings. The van der Waals surface area contributed by atoms with E-state index >= 15 is 0 Å². The van der Waals surface area contributed by atoms with Crippen molar-refractivity contribution < 1.29 is 13.2 Å². The van der Waals surface area contributed by atoms with Crippen LogP contribution in [0.5, 0.6) is 0 Å². The summed E-state index contributed by atoms with van der Waals surface area (Å²) >= 11 is -0.132. The van der Waals surface area contributed by atoms with Crippen molar-refractivity contribution in [2.24, 2.45) is 0 Å². The maximum absolute atomic E-state index is 12.7. The van der Waals surface area contributed by atoms with E-state index in [9.17, 15) is 13.2 Å². The molecule has 0 saturated heterocycles. The maximum atomic E-state index is 12.7. The third kappa shape index (κ3) is 2.48. The topological polar surface area (TPSA) is 0 Å². The van der Waals surface area contributed by atoms with Gasteiger partial charge in [-0.05, 0) is 0 Å². The number of halogens is 3. The number of hydrogen-bond acceptors (Lipinski definition) is 0. The Hall–Kier alpha value is -0.211. The Morgan fingerprint density at radius 2 is 1.47 bits per heavy atom. The molecular weight excluding hydrogens is 268 g/mol. The molecule has 4 heteroatoms. The van der Waals surface area contributed by atoms with Crippen LogP contribution in [0.15, 0.2) is 0 Å². The number of rotatable bonds is 0. The molecule has 0 atom stereocenters. The number of hydrogen-bond donors (Lipinski definition) is 0. The molecule has 15 heavy (non-hydrogen) atoms. The quantitative estimate of drug-likeness (QED) is 0.637. The van der Waals surface area contributed by atoms with Gasteiger partial charge in [0.15, 0.2) is 0 Å². The summed E-state index contributed by atoms with van der Waals surface area (Å²) in [5.74, 6) is 0. The van der Waals surface area contributed by atoms with Crippen LogP contribution in [-0.4, -0.2) is 14.5 Å². The molecule has 0 N–H and O–H groups in total. The molecule has 0 amide bonds. The first-order valence-corrected chi connectivity index (χ1v) is 6.44.